The second-order valence-corrected chi connectivity index (χ2v) is 33.1. The monoisotopic (exact) mass is 1740 g/mol. The first kappa shape index (κ1) is 91.5. The lowest BCUT2D eigenvalue weighted by Gasteiger charge is -2.30. The van der Waals surface area contributed by atoms with Gasteiger partial charge in [0.15, 0.2) is 67.9 Å². The molecule has 0 spiro atoms. The van der Waals surface area contributed by atoms with Gasteiger partial charge in [0.2, 0.25) is 23.8 Å². The smallest absolute Gasteiger partial charge is 0.417 e. The van der Waals surface area contributed by atoms with Crippen molar-refractivity contribution in [3.05, 3.63) is 156 Å². The highest BCUT2D eigenvalue weighted by Gasteiger charge is 2.31. The molecule has 2 aliphatic carbocycles. The van der Waals surface area contributed by atoms with Crippen LogP contribution in [-0.2, 0) is 85.7 Å². The number of furan rings is 1. The highest BCUT2D eigenvalue weighted by molar-refractivity contribution is 5.92. The van der Waals surface area contributed by atoms with Crippen molar-refractivity contribution in [2.45, 2.75) is 207 Å². The number of unbranched alkanes of at least 4 members (excludes halogenated alkanes) is 4. The first-order valence-electron chi connectivity index (χ1n) is 44.0. The predicted octanol–water partition coefficient (Wildman–Crippen LogP) is 14.0. The number of fused-ring (bicyclic) bond motifs is 4. The number of carbonyl (C=O) groups is 5. The van der Waals surface area contributed by atoms with Crippen molar-refractivity contribution in [2.75, 3.05) is 114 Å². The Morgan fingerprint density at radius 2 is 0.913 bits per heavy atom. The minimum absolute atomic E-state index is 0.131. The number of imidazole rings is 4. The maximum Gasteiger partial charge on any atom is 0.417 e. The Morgan fingerprint density at radius 3 is 1.40 bits per heavy atom. The molecule has 2 saturated heterocycles. The van der Waals surface area contributed by atoms with Crippen molar-refractivity contribution >= 4 is 122 Å². The van der Waals surface area contributed by atoms with Gasteiger partial charge in [0, 0.05) is 59.4 Å². The molecule has 9 aromatic heterocycles. The van der Waals surface area contributed by atoms with Crippen molar-refractivity contribution in [1.29, 1.82) is 0 Å². The minimum atomic E-state index is -1.02. The molecule has 8 N–H and O–H groups in total. The first-order chi connectivity index (χ1) is 61.6. The van der Waals surface area contributed by atoms with E-state index in [0.717, 1.165) is 93.0 Å². The van der Waals surface area contributed by atoms with Gasteiger partial charge < -0.3 is 93.3 Å². The summed E-state index contributed by atoms with van der Waals surface area (Å²) in [4.78, 5) is 121. The third kappa shape index (κ3) is 25.6. The molecule has 37 nitrogen and oxygen atoms in total. The zero-order chi connectivity index (χ0) is 89.2. The van der Waals surface area contributed by atoms with Gasteiger partial charge in [-0.25, -0.2) is 29.6 Å². The Labute approximate surface area is 736 Å². The Hall–Kier alpha value is -13.2. The number of carbonyl (C=O) groups excluding carboxylic acids is 1. The normalized spacial score (nSPS) is 14.4. The Balaban J connectivity index is 0.000000147. The van der Waals surface area contributed by atoms with Crippen molar-refractivity contribution in [2.24, 2.45) is 0 Å². The van der Waals surface area contributed by atoms with Crippen LogP contribution in [0.3, 0.4) is 0 Å². The van der Waals surface area contributed by atoms with Gasteiger partial charge >= 0.3 is 30.0 Å². The van der Waals surface area contributed by atoms with Crippen LogP contribution in [0.4, 0.5) is 51.9 Å². The number of morpholine rings is 2. The topological polar surface area (TPSA) is 443 Å². The molecule has 0 bridgehead atoms. The fourth-order valence-electron chi connectivity index (χ4n) is 15.7. The van der Waals surface area contributed by atoms with Gasteiger partial charge in [-0.1, -0.05) is 157 Å². The molecule has 0 radical (unpaired) electrons. The number of carboxylic acid groups (broad SMARTS) is 4. The van der Waals surface area contributed by atoms with Crippen molar-refractivity contribution < 1.29 is 63.0 Å². The fraction of sp³-hybridized carbons (Fsp3) is 0.478. The molecule has 4 aliphatic rings. The number of aliphatic carboxylic acids is 4. The SMILES string of the molecule is CC(C)(C)OC(=O)N(Cc1ccc(C2CCCCC2)cc1)c1nc(N2CCOCC2)c2ncn(CC(=O)O)c2n1.CCCCCNc1nc(N(C)Cc2ccccc2)c2ncn(CC(=O)O)c2n1.CCCCCNc1nc(N2CCOCC2)c2ncn(CC(=O)O)c2n1.O=C(O)Cn1cnc2c(NCc3ccco3)nc(NCc3ccc(C4CCCCC4)cc3)nc21. The minimum Gasteiger partial charge on any atom is -0.480 e. The molecule has 12 aromatic rings. The van der Waals surface area contributed by atoms with E-state index in [-0.39, 0.29) is 38.7 Å². The van der Waals surface area contributed by atoms with Gasteiger partial charge in [-0.3, -0.25) is 19.2 Å². The number of amides is 1. The van der Waals surface area contributed by atoms with E-state index in [2.05, 4.69) is 156 Å². The standard InChI is InChI=1S/C29H38N6O5.C25H28N6O3.C20H26N6O2.C16H24N6O3/c1-29(2,3)40-28(38)35(17-20-9-11-22(12-10-20)21-7-5-4-6-8-21)27-31-25(33-13-15-39-16-14-33)24-26(32-27)34(19-30-24)18-23(36)37;32-21(33)15-31-16-28-22-23(26-14-20-7-4-12-34-20)29-25(30-24(22)31)27-13-17-8-10-19(11-9-17)18-5-2-1-3-6-18;1-3-4-8-11-21-20-23-18(25(2)12-15-9-6-5-7-10-15)17-19(24-20)26(14-22-17)13-16(27)28;1-2-3-4-5-17-16-19-14(21-6-8-25-9-7-21)13-15(20-16)22(11-18-13)10-12(23)24/h9-12,19,21H,4-8,13-18H2,1-3H3,(H,36,37);4,7-12,16,18H,1-3,5-6,13-15H2,(H,32,33)(H2,26,27,29,30);5-7,9-10,14H,3-4,8,11-13H2,1-2H3,(H,27,28)(H,21,23,24);11H,2-10H2,1H3,(H,23,24)(H,17,19,20). The molecule has 4 fully saturated rings. The molecule has 16 rings (SSSR count). The lowest BCUT2D eigenvalue weighted by molar-refractivity contribution is -0.138. The second-order valence-electron chi connectivity index (χ2n) is 33.1. The summed E-state index contributed by atoms with van der Waals surface area (Å²) in [5.41, 5.74) is 9.28. The van der Waals surface area contributed by atoms with E-state index in [1.165, 1.54) is 119 Å². The van der Waals surface area contributed by atoms with Gasteiger partial charge in [0.1, 0.15) is 37.5 Å². The number of benzene rings is 3. The maximum atomic E-state index is 13.6. The summed E-state index contributed by atoms with van der Waals surface area (Å²) in [6.07, 6.45) is 26.4. The van der Waals surface area contributed by atoms with Crippen LogP contribution in [0.5, 0.6) is 0 Å². The van der Waals surface area contributed by atoms with Crippen LogP contribution >= 0.6 is 0 Å². The van der Waals surface area contributed by atoms with E-state index in [1.54, 1.807) is 10.8 Å². The van der Waals surface area contributed by atoms with Crippen LogP contribution < -0.4 is 40.9 Å². The number of carboxylic acids is 4. The van der Waals surface area contributed by atoms with E-state index in [4.69, 9.17) is 33.8 Å². The van der Waals surface area contributed by atoms with Crippen LogP contribution in [0, 0.1) is 0 Å². The average Bonchev–Trinajstić information content (AvgIpc) is 1.68. The van der Waals surface area contributed by atoms with E-state index < -0.39 is 35.6 Å². The van der Waals surface area contributed by atoms with Crippen LogP contribution in [0.2, 0.25) is 0 Å². The zero-order valence-corrected chi connectivity index (χ0v) is 73.2. The molecule has 674 valence electrons. The maximum absolute atomic E-state index is 13.6. The number of nitrogens with zero attached hydrogens (tertiary/aromatic N) is 20. The van der Waals surface area contributed by atoms with Crippen LogP contribution in [-0.4, -0.2) is 207 Å². The zero-order valence-electron chi connectivity index (χ0n) is 73.2. The molecule has 127 heavy (non-hydrogen) atoms. The summed E-state index contributed by atoms with van der Waals surface area (Å²) in [6, 6.07) is 31.0. The lowest BCUT2D eigenvalue weighted by Crippen LogP contribution is -2.39. The third-order valence-electron chi connectivity index (χ3n) is 22.2. The van der Waals surface area contributed by atoms with Gasteiger partial charge in [-0.15, -0.1) is 0 Å². The van der Waals surface area contributed by atoms with Crippen molar-refractivity contribution in [3.8, 4) is 0 Å². The largest absolute Gasteiger partial charge is 0.480 e. The Morgan fingerprint density at radius 1 is 0.465 bits per heavy atom. The first-order valence-corrected chi connectivity index (χ1v) is 44.0. The van der Waals surface area contributed by atoms with E-state index in [1.807, 2.05) is 68.0 Å². The number of hydrogen-bond donors (Lipinski definition) is 8. The Kier molecular flexibility index (Phi) is 32.1. The number of hydrogen-bond acceptors (Lipinski definition) is 28. The molecule has 0 unspecified atom stereocenters. The van der Waals surface area contributed by atoms with E-state index >= 15 is 0 Å². The predicted molar refractivity (Wildman–Crippen MR) is 483 cm³/mol. The number of aromatic nitrogens is 16. The molecule has 2 aliphatic heterocycles. The Bertz CT molecular complexity index is 5580. The molecule has 2 saturated carbocycles. The number of ether oxygens (including phenoxy) is 3. The average molecular weight is 1740 g/mol. The van der Waals surface area contributed by atoms with Gasteiger partial charge in [-0.2, -0.15) is 39.9 Å². The van der Waals surface area contributed by atoms with Crippen LogP contribution in [0.25, 0.3) is 44.7 Å². The van der Waals surface area contributed by atoms with Crippen LogP contribution in [0.1, 0.15) is 183 Å². The quantitative estimate of drug-likeness (QED) is 0.0174. The highest BCUT2D eigenvalue weighted by Crippen LogP contribution is 2.37. The number of nitrogens with one attached hydrogen (secondary N) is 4. The van der Waals surface area contributed by atoms with Gasteiger partial charge in [0.25, 0.3) is 0 Å². The third-order valence-corrected chi connectivity index (χ3v) is 22.2. The summed E-state index contributed by atoms with van der Waals surface area (Å²) in [5.74, 6) is 2.17. The van der Waals surface area contributed by atoms with Crippen LogP contribution in [0.15, 0.2) is 127 Å². The van der Waals surface area contributed by atoms with Crippen molar-refractivity contribution in [1.82, 2.24) is 78.1 Å². The van der Waals surface area contributed by atoms with E-state index in [0.29, 0.717) is 151 Å². The van der Waals surface area contributed by atoms with Gasteiger partial charge in [0.05, 0.1) is 71.1 Å². The summed E-state index contributed by atoms with van der Waals surface area (Å²) in [6.45, 7) is 17.2. The second kappa shape index (κ2) is 44.6. The van der Waals surface area contributed by atoms with Gasteiger partial charge in [-0.05, 0) is 111 Å². The summed E-state index contributed by atoms with van der Waals surface area (Å²) in [5, 5.41) is 50.0. The number of rotatable bonds is 34. The molecular formula is C90H116N24O13. The molecular weight excluding hydrogens is 1630 g/mol. The molecule has 11 heterocycles. The molecule has 3 aromatic carbocycles. The summed E-state index contributed by atoms with van der Waals surface area (Å²) < 4.78 is 28.1. The van der Waals surface area contributed by atoms with E-state index in [9.17, 15) is 34.2 Å². The number of anilines is 8. The molecule has 37 heteroatoms. The fourth-order valence-corrected chi connectivity index (χ4v) is 15.7. The highest BCUT2D eigenvalue weighted by atomic mass is 16.6. The molecule has 0 atom stereocenters. The van der Waals surface area contributed by atoms with Crippen molar-refractivity contribution in [3.63, 3.8) is 0 Å². The lowest BCUT2D eigenvalue weighted by atomic mass is 9.84. The summed E-state index contributed by atoms with van der Waals surface area (Å²) >= 11 is 0. The summed E-state index contributed by atoms with van der Waals surface area (Å²) in [7, 11) is 1.95. The molecule has 1 amide bonds.